The van der Waals surface area contributed by atoms with Crippen molar-refractivity contribution in [2.75, 3.05) is 18.8 Å². The maximum atomic E-state index is 5.31. The molecular weight excluding hydrogens is 200 g/mol. The summed E-state index contributed by atoms with van der Waals surface area (Å²) in [5.74, 6) is 1.19. The fraction of sp³-hybridized carbons (Fsp3) is 0.889. The Kier molecular flexibility index (Phi) is 4.32. The van der Waals surface area contributed by atoms with E-state index >= 15 is 0 Å². The number of thiocarbonyl (C=S) groups is 1. The average molecular weight is 218 g/mol. The first-order valence-corrected chi connectivity index (χ1v) is 6.28. The Hall–Kier alpha value is 0.0400. The lowest BCUT2D eigenvalue weighted by atomic mass is 10.2. The van der Waals surface area contributed by atoms with Gasteiger partial charge in [0.25, 0.3) is 0 Å². The predicted molar refractivity (Wildman–Crippen MR) is 64.4 cm³/mol. The highest BCUT2D eigenvalue weighted by Gasteiger charge is 2.26. The Morgan fingerprint density at radius 3 is 2.92 bits per heavy atom. The third kappa shape index (κ3) is 2.74. The van der Waals surface area contributed by atoms with Gasteiger partial charge < -0.3 is 10.2 Å². The predicted octanol–water partition coefficient (Wildman–Crippen LogP) is 1.71. The summed E-state index contributed by atoms with van der Waals surface area (Å²) in [6.07, 6.45) is 0. The second-order valence-corrected chi connectivity index (χ2v) is 5.22. The van der Waals surface area contributed by atoms with E-state index in [9.17, 15) is 0 Å². The third-order valence-corrected chi connectivity index (χ3v) is 4.19. The number of hydrogen-bond acceptors (Lipinski definition) is 2. The van der Waals surface area contributed by atoms with E-state index in [-0.39, 0.29) is 0 Å². The van der Waals surface area contributed by atoms with Crippen molar-refractivity contribution in [3.63, 3.8) is 0 Å². The van der Waals surface area contributed by atoms with Crippen LogP contribution in [0.1, 0.15) is 20.8 Å². The molecule has 1 fully saturated rings. The standard InChI is InChI=1S/C9H18N2S2/c1-4-10-9(12)11-5-6-13-8(3)7(11)2/h7-8H,4-6H2,1-3H3,(H,10,12). The molecule has 2 unspecified atom stereocenters. The Morgan fingerprint density at radius 2 is 2.31 bits per heavy atom. The van der Waals surface area contributed by atoms with E-state index in [1.165, 1.54) is 5.75 Å². The topological polar surface area (TPSA) is 15.3 Å². The molecule has 1 heterocycles. The summed E-state index contributed by atoms with van der Waals surface area (Å²) >= 11 is 7.35. The van der Waals surface area contributed by atoms with Crippen LogP contribution in [0.5, 0.6) is 0 Å². The molecule has 1 aliphatic heterocycles. The molecule has 1 N–H and O–H groups in total. The molecule has 1 aliphatic rings. The molecule has 0 bridgehead atoms. The number of thioether (sulfide) groups is 1. The van der Waals surface area contributed by atoms with Crippen molar-refractivity contribution in [3.05, 3.63) is 0 Å². The number of rotatable bonds is 1. The first kappa shape index (κ1) is 11.1. The summed E-state index contributed by atoms with van der Waals surface area (Å²) in [7, 11) is 0. The van der Waals surface area contributed by atoms with Crippen molar-refractivity contribution < 1.29 is 0 Å². The quantitative estimate of drug-likeness (QED) is 0.674. The zero-order valence-electron chi connectivity index (χ0n) is 8.54. The highest BCUT2D eigenvalue weighted by molar-refractivity contribution is 8.00. The zero-order valence-corrected chi connectivity index (χ0v) is 10.2. The lowest BCUT2D eigenvalue weighted by Crippen LogP contribution is -2.51. The minimum atomic E-state index is 0.560. The molecule has 0 spiro atoms. The van der Waals surface area contributed by atoms with E-state index in [1.54, 1.807) is 0 Å². The highest BCUT2D eigenvalue weighted by Crippen LogP contribution is 2.23. The van der Waals surface area contributed by atoms with Crippen LogP contribution in [0.2, 0.25) is 0 Å². The van der Waals surface area contributed by atoms with Crippen molar-refractivity contribution in [2.45, 2.75) is 32.1 Å². The molecular formula is C9H18N2S2. The van der Waals surface area contributed by atoms with Crippen LogP contribution in [0, 0.1) is 0 Å². The molecule has 4 heteroatoms. The molecule has 0 aliphatic carbocycles. The second-order valence-electron chi connectivity index (χ2n) is 3.35. The van der Waals surface area contributed by atoms with E-state index in [1.807, 2.05) is 11.8 Å². The fourth-order valence-electron chi connectivity index (χ4n) is 1.47. The van der Waals surface area contributed by atoms with E-state index in [0.29, 0.717) is 11.3 Å². The molecule has 0 aromatic heterocycles. The fourth-order valence-corrected chi connectivity index (χ4v) is 2.97. The molecule has 76 valence electrons. The first-order valence-electron chi connectivity index (χ1n) is 4.83. The number of nitrogens with one attached hydrogen (secondary N) is 1. The zero-order chi connectivity index (χ0) is 9.84. The second kappa shape index (κ2) is 5.05. The Balaban J connectivity index is 2.52. The van der Waals surface area contributed by atoms with Crippen LogP contribution in [-0.2, 0) is 0 Å². The van der Waals surface area contributed by atoms with Gasteiger partial charge in [-0.25, -0.2) is 0 Å². The van der Waals surface area contributed by atoms with Crippen LogP contribution < -0.4 is 5.32 Å². The molecule has 1 rings (SSSR count). The lowest BCUT2D eigenvalue weighted by molar-refractivity contribution is 0.330. The van der Waals surface area contributed by atoms with Crippen molar-refractivity contribution in [1.29, 1.82) is 0 Å². The van der Waals surface area contributed by atoms with Crippen molar-refractivity contribution in [1.82, 2.24) is 10.2 Å². The van der Waals surface area contributed by atoms with Crippen LogP contribution >= 0.6 is 24.0 Å². The first-order chi connectivity index (χ1) is 6.16. The monoisotopic (exact) mass is 218 g/mol. The molecule has 0 radical (unpaired) electrons. The van der Waals surface area contributed by atoms with Gasteiger partial charge in [-0.05, 0) is 26.1 Å². The molecule has 0 aromatic rings. The van der Waals surface area contributed by atoms with Gasteiger partial charge in [-0.2, -0.15) is 11.8 Å². The van der Waals surface area contributed by atoms with Crippen LogP contribution in [0.15, 0.2) is 0 Å². The number of nitrogens with zero attached hydrogens (tertiary/aromatic N) is 1. The Bertz CT molecular complexity index is 184. The molecule has 0 aromatic carbocycles. The van der Waals surface area contributed by atoms with Crippen molar-refractivity contribution in [2.24, 2.45) is 0 Å². The molecule has 2 atom stereocenters. The SMILES string of the molecule is CCNC(=S)N1CCSC(C)C1C. The normalized spacial score (nSPS) is 28.7. The Morgan fingerprint density at radius 1 is 1.62 bits per heavy atom. The maximum Gasteiger partial charge on any atom is 0.169 e. The van der Waals surface area contributed by atoms with Gasteiger partial charge in [0.05, 0.1) is 0 Å². The van der Waals surface area contributed by atoms with Crippen LogP contribution in [0.3, 0.4) is 0 Å². The molecule has 2 nitrogen and oxygen atoms in total. The summed E-state index contributed by atoms with van der Waals surface area (Å²) in [4.78, 5) is 2.31. The smallest absolute Gasteiger partial charge is 0.169 e. The average Bonchev–Trinajstić information content (AvgIpc) is 2.10. The van der Waals surface area contributed by atoms with E-state index in [4.69, 9.17) is 12.2 Å². The summed E-state index contributed by atoms with van der Waals surface area (Å²) < 4.78 is 0. The van der Waals surface area contributed by atoms with Gasteiger partial charge >= 0.3 is 0 Å². The minimum Gasteiger partial charge on any atom is -0.363 e. The van der Waals surface area contributed by atoms with Gasteiger partial charge in [0, 0.05) is 30.1 Å². The van der Waals surface area contributed by atoms with Gasteiger partial charge in [0.15, 0.2) is 5.11 Å². The minimum absolute atomic E-state index is 0.560. The largest absolute Gasteiger partial charge is 0.363 e. The van der Waals surface area contributed by atoms with E-state index in [0.717, 1.165) is 18.2 Å². The summed E-state index contributed by atoms with van der Waals surface area (Å²) in [6.45, 7) is 8.61. The van der Waals surface area contributed by atoms with E-state index < -0.39 is 0 Å². The Labute approximate surface area is 90.4 Å². The summed E-state index contributed by atoms with van der Waals surface area (Å²) in [6, 6.07) is 0.560. The molecule has 13 heavy (non-hydrogen) atoms. The summed E-state index contributed by atoms with van der Waals surface area (Å²) in [5, 5.41) is 4.82. The highest BCUT2D eigenvalue weighted by atomic mass is 32.2. The molecule has 0 amide bonds. The molecule has 0 saturated carbocycles. The van der Waals surface area contributed by atoms with Gasteiger partial charge in [-0.1, -0.05) is 6.92 Å². The van der Waals surface area contributed by atoms with Crippen molar-refractivity contribution >= 4 is 29.1 Å². The van der Waals surface area contributed by atoms with Crippen LogP contribution in [0.4, 0.5) is 0 Å². The maximum absolute atomic E-state index is 5.31. The van der Waals surface area contributed by atoms with Crippen LogP contribution in [0.25, 0.3) is 0 Å². The van der Waals surface area contributed by atoms with Crippen LogP contribution in [-0.4, -0.2) is 40.1 Å². The lowest BCUT2D eigenvalue weighted by Gasteiger charge is -2.39. The summed E-state index contributed by atoms with van der Waals surface area (Å²) in [5.41, 5.74) is 0. The van der Waals surface area contributed by atoms with Gasteiger partial charge in [0.1, 0.15) is 0 Å². The van der Waals surface area contributed by atoms with Crippen molar-refractivity contribution in [3.8, 4) is 0 Å². The van der Waals surface area contributed by atoms with Gasteiger partial charge in [-0.3, -0.25) is 0 Å². The molecule has 1 saturated heterocycles. The number of hydrogen-bond donors (Lipinski definition) is 1. The third-order valence-electron chi connectivity index (χ3n) is 2.47. The van der Waals surface area contributed by atoms with E-state index in [2.05, 4.69) is 31.0 Å². The van der Waals surface area contributed by atoms with Gasteiger partial charge in [-0.15, -0.1) is 0 Å². The van der Waals surface area contributed by atoms with Gasteiger partial charge in [0.2, 0.25) is 0 Å².